The highest BCUT2D eigenvalue weighted by Gasteiger charge is 2.23. The van der Waals surface area contributed by atoms with E-state index in [0.29, 0.717) is 35.1 Å². The van der Waals surface area contributed by atoms with Crippen molar-refractivity contribution in [3.8, 4) is 22.6 Å². The van der Waals surface area contributed by atoms with E-state index < -0.39 is 5.97 Å². The highest BCUT2D eigenvalue weighted by molar-refractivity contribution is 7.15. The summed E-state index contributed by atoms with van der Waals surface area (Å²) in [6, 6.07) is 11.7. The van der Waals surface area contributed by atoms with Gasteiger partial charge in [0.1, 0.15) is 10.6 Å². The first-order valence-electron chi connectivity index (χ1n) is 11.3. The third kappa shape index (κ3) is 5.97. The van der Waals surface area contributed by atoms with Crippen LogP contribution in [0.15, 0.2) is 41.8 Å². The van der Waals surface area contributed by atoms with Gasteiger partial charge in [-0.3, -0.25) is 4.79 Å². The zero-order valence-electron chi connectivity index (χ0n) is 20.3. The minimum Gasteiger partial charge on any atom is -0.493 e. The number of esters is 1. The average molecular weight is 482 g/mol. The zero-order chi connectivity index (χ0) is 24.7. The lowest BCUT2D eigenvalue weighted by molar-refractivity contribution is -0.116. The van der Waals surface area contributed by atoms with Crippen LogP contribution in [0, 0.1) is 13.8 Å². The fourth-order valence-corrected chi connectivity index (χ4v) is 4.72. The van der Waals surface area contributed by atoms with Gasteiger partial charge in [-0.1, -0.05) is 29.8 Å². The summed E-state index contributed by atoms with van der Waals surface area (Å²) in [5.41, 5.74) is 5.29. The van der Waals surface area contributed by atoms with Crippen LogP contribution >= 0.6 is 11.3 Å². The first kappa shape index (κ1) is 25.3. The van der Waals surface area contributed by atoms with Gasteiger partial charge >= 0.3 is 5.97 Å². The molecule has 0 saturated carbocycles. The summed E-state index contributed by atoms with van der Waals surface area (Å²) in [7, 11) is 1.59. The lowest BCUT2D eigenvalue weighted by Crippen LogP contribution is -2.15. The number of ether oxygens (including phenoxy) is 3. The molecule has 0 spiro atoms. The van der Waals surface area contributed by atoms with Crippen LogP contribution in [0.25, 0.3) is 11.1 Å². The smallest absolute Gasteiger partial charge is 0.341 e. The Morgan fingerprint density at radius 3 is 2.44 bits per heavy atom. The fraction of sp³-hybridized carbons (Fsp3) is 0.333. The molecule has 0 atom stereocenters. The van der Waals surface area contributed by atoms with Crippen molar-refractivity contribution in [3.05, 3.63) is 64.0 Å². The SMILES string of the molecule is CCOC(=O)c1c(-c2ccc(C)cc2C)csc1NC(=O)CCc1ccc(OCC)c(OC)c1. The number of carbonyl (C=O) groups excluding carboxylic acids is 2. The number of methoxy groups -OCH3 is 1. The van der Waals surface area contributed by atoms with Gasteiger partial charge in [0.25, 0.3) is 0 Å². The van der Waals surface area contributed by atoms with Crippen molar-refractivity contribution in [1.29, 1.82) is 0 Å². The molecule has 34 heavy (non-hydrogen) atoms. The Balaban J connectivity index is 1.79. The molecule has 0 bridgehead atoms. The molecule has 3 aromatic rings. The third-order valence-electron chi connectivity index (χ3n) is 5.36. The highest BCUT2D eigenvalue weighted by Crippen LogP contribution is 2.38. The van der Waals surface area contributed by atoms with Gasteiger partial charge in [-0.2, -0.15) is 0 Å². The lowest BCUT2D eigenvalue weighted by Gasteiger charge is -2.12. The van der Waals surface area contributed by atoms with E-state index in [2.05, 4.69) is 11.4 Å². The van der Waals surface area contributed by atoms with E-state index in [-0.39, 0.29) is 18.9 Å². The summed E-state index contributed by atoms with van der Waals surface area (Å²) in [5.74, 6) is 0.702. The first-order valence-corrected chi connectivity index (χ1v) is 12.2. The van der Waals surface area contributed by atoms with Crippen molar-refractivity contribution < 1.29 is 23.8 Å². The normalized spacial score (nSPS) is 10.6. The molecular weight excluding hydrogens is 450 g/mol. The number of anilines is 1. The van der Waals surface area contributed by atoms with E-state index in [1.165, 1.54) is 11.3 Å². The molecule has 1 aromatic heterocycles. The van der Waals surface area contributed by atoms with Crippen LogP contribution in [-0.4, -0.2) is 32.2 Å². The molecule has 1 heterocycles. The van der Waals surface area contributed by atoms with Crippen molar-refractivity contribution in [2.45, 2.75) is 40.5 Å². The van der Waals surface area contributed by atoms with Gasteiger partial charge in [0, 0.05) is 17.4 Å². The minimum absolute atomic E-state index is 0.174. The van der Waals surface area contributed by atoms with Gasteiger partial charge in [0.15, 0.2) is 11.5 Å². The minimum atomic E-state index is -0.440. The number of benzene rings is 2. The Bertz CT molecular complexity index is 1170. The van der Waals surface area contributed by atoms with Gasteiger partial charge in [-0.25, -0.2) is 4.79 Å². The molecule has 0 aliphatic carbocycles. The topological polar surface area (TPSA) is 73.9 Å². The summed E-state index contributed by atoms with van der Waals surface area (Å²) in [6.45, 7) is 8.53. The van der Waals surface area contributed by atoms with Crippen LogP contribution < -0.4 is 14.8 Å². The number of carbonyl (C=O) groups is 2. The Morgan fingerprint density at radius 1 is 0.971 bits per heavy atom. The van der Waals surface area contributed by atoms with Gasteiger partial charge in [0.05, 0.1) is 20.3 Å². The van der Waals surface area contributed by atoms with Crippen molar-refractivity contribution in [2.24, 2.45) is 0 Å². The fourth-order valence-electron chi connectivity index (χ4n) is 3.76. The van der Waals surface area contributed by atoms with E-state index in [1.54, 1.807) is 14.0 Å². The largest absolute Gasteiger partial charge is 0.493 e. The number of amides is 1. The van der Waals surface area contributed by atoms with Crippen molar-refractivity contribution in [3.63, 3.8) is 0 Å². The molecule has 7 heteroatoms. The van der Waals surface area contributed by atoms with Crippen LogP contribution in [0.1, 0.15) is 47.3 Å². The summed E-state index contributed by atoms with van der Waals surface area (Å²) in [6.07, 6.45) is 0.787. The number of nitrogens with one attached hydrogen (secondary N) is 1. The molecule has 180 valence electrons. The zero-order valence-corrected chi connectivity index (χ0v) is 21.1. The van der Waals surface area contributed by atoms with E-state index in [9.17, 15) is 9.59 Å². The van der Waals surface area contributed by atoms with E-state index >= 15 is 0 Å². The predicted octanol–water partition coefficient (Wildman–Crippen LogP) is 6.19. The van der Waals surface area contributed by atoms with Crippen LogP contribution in [0.2, 0.25) is 0 Å². The predicted molar refractivity (Wildman–Crippen MR) is 136 cm³/mol. The van der Waals surface area contributed by atoms with Crippen molar-refractivity contribution >= 4 is 28.2 Å². The standard InChI is InChI=1S/C27H31NO5S/c1-6-32-22-12-9-19(15-23(22)31-5)10-13-24(29)28-26-25(27(30)33-7-2)21(16-34-26)20-11-8-17(3)14-18(20)4/h8-9,11-12,14-16H,6-7,10,13H2,1-5H3,(H,28,29). The molecule has 6 nitrogen and oxygen atoms in total. The van der Waals surface area contributed by atoms with Crippen molar-refractivity contribution in [1.82, 2.24) is 0 Å². The molecule has 0 aliphatic heterocycles. The molecule has 0 unspecified atom stereocenters. The molecule has 0 aliphatic rings. The van der Waals surface area contributed by atoms with Crippen LogP contribution in [0.4, 0.5) is 5.00 Å². The molecule has 0 radical (unpaired) electrons. The third-order valence-corrected chi connectivity index (χ3v) is 6.26. The number of rotatable bonds is 10. The van der Waals surface area contributed by atoms with Gasteiger partial charge in [-0.15, -0.1) is 11.3 Å². The van der Waals surface area contributed by atoms with Gasteiger partial charge < -0.3 is 19.5 Å². The molecule has 0 saturated heterocycles. The maximum absolute atomic E-state index is 12.8. The van der Waals surface area contributed by atoms with Crippen LogP contribution in [-0.2, 0) is 16.0 Å². The second-order valence-electron chi connectivity index (χ2n) is 7.86. The Kier molecular flexibility index (Phi) is 8.71. The Morgan fingerprint density at radius 2 is 1.76 bits per heavy atom. The highest BCUT2D eigenvalue weighted by atomic mass is 32.1. The van der Waals surface area contributed by atoms with E-state index in [4.69, 9.17) is 14.2 Å². The number of aryl methyl sites for hydroxylation is 3. The monoisotopic (exact) mass is 481 g/mol. The number of hydrogen-bond donors (Lipinski definition) is 1. The summed E-state index contributed by atoms with van der Waals surface area (Å²) < 4.78 is 16.3. The molecule has 3 rings (SSSR count). The second-order valence-corrected chi connectivity index (χ2v) is 8.74. The van der Waals surface area contributed by atoms with E-state index in [1.807, 2.05) is 56.5 Å². The average Bonchev–Trinajstić information content (AvgIpc) is 3.21. The molecule has 1 amide bonds. The number of thiophene rings is 1. The molecule has 1 N–H and O–H groups in total. The summed E-state index contributed by atoms with van der Waals surface area (Å²) in [5, 5.41) is 5.33. The van der Waals surface area contributed by atoms with Gasteiger partial charge in [-0.05, 0) is 62.9 Å². The maximum atomic E-state index is 12.8. The molecular formula is C27H31NO5S. The van der Waals surface area contributed by atoms with Crippen LogP contribution in [0.5, 0.6) is 11.5 Å². The van der Waals surface area contributed by atoms with Crippen molar-refractivity contribution in [2.75, 3.05) is 25.6 Å². The summed E-state index contributed by atoms with van der Waals surface area (Å²) in [4.78, 5) is 25.6. The first-order chi connectivity index (χ1) is 16.4. The molecule has 0 fully saturated rings. The van der Waals surface area contributed by atoms with Crippen LogP contribution in [0.3, 0.4) is 0 Å². The Labute approximate surface area is 204 Å². The van der Waals surface area contributed by atoms with E-state index in [0.717, 1.165) is 27.8 Å². The number of hydrogen-bond acceptors (Lipinski definition) is 6. The second kappa shape index (κ2) is 11.7. The quantitative estimate of drug-likeness (QED) is 0.350. The van der Waals surface area contributed by atoms with Gasteiger partial charge in [0.2, 0.25) is 5.91 Å². The maximum Gasteiger partial charge on any atom is 0.341 e. The summed E-state index contributed by atoms with van der Waals surface area (Å²) >= 11 is 1.33. The molecule has 2 aromatic carbocycles. The Hall–Kier alpha value is -3.32. The lowest BCUT2D eigenvalue weighted by atomic mass is 9.97.